The minimum absolute atomic E-state index is 0.0723. The maximum absolute atomic E-state index is 12.5. The molecule has 3 rings (SSSR count). The lowest BCUT2D eigenvalue weighted by Crippen LogP contribution is -2.16. The van der Waals surface area contributed by atoms with Crippen molar-refractivity contribution in [3.05, 3.63) is 76.0 Å². The van der Waals surface area contributed by atoms with E-state index in [0.717, 1.165) is 23.1 Å². The predicted octanol–water partition coefficient (Wildman–Crippen LogP) is 3.59. The highest BCUT2D eigenvalue weighted by molar-refractivity contribution is 6.13. The number of fused-ring (bicyclic) bond motifs is 1. The molecule has 0 saturated carbocycles. The maximum Gasteiger partial charge on any atom is 0.189 e. The first kappa shape index (κ1) is 13.5. The number of hydrogen-bond acceptors (Lipinski definition) is 4. The van der Waals surface area contributed by atoms with Gasteiger partial charge in [-0.25, -0.2) is 0 Å². The highest BCUT2D eigenvalue weighted by Gasteiger charge is 2.22. The van der Waals surface area contributed by atoms with Crippen LogP contribution in [0.15, 0.2) is 54.1 Å². The van der Waals surface area contributed by atoms with Gasteiger partial charge >= 0.3 is 0 Å². The molecule has 0 amide bonds. The van der Waals surface area contributed by atoms with E-state index in [1.165, 1.54) is 12.1 Å². The molecule has 1 aliphatic carbocycles. The van der Waals surface area contributed by atoms with Gasteiger partial charge in [0, 0.05) is 11.1 Å². The minimum atomic E-state index is -0.219. The Bertz CT molecular complexity index is 705. The molecule has 2 aromatic rings. The highest BCUT2D eigenvalue weighted by atomic mass is 16.8. The number of hydrogen-bond donors (Lipinski definition) is 1. The van der Waals surface area contributed by atoms with E-state index in [-0.39, 0.29) is 16.7 Å². The number of ketones is 1. The summed E-state index contributed by atoms with van der Waals surface area (Å²) >= 11 is 0. The Kier molecular flexibility index (Phi) is 3.56. The van der Waals surface area contributed by atoms with Gasteiger partial charge in [0.25, 0.3) is 0 Å². The Morgan fingerprint density at radius 1 is 1.10 bits per heavy atom. The third-order valence-corrected chi connectivity index (χ3v) is 3.65. The zero-order chi connectivity index (χ0) is 14.8. The quantitative estimate of drug-likeness (QED) is 0.674. The van der Waals surface area contributed by atoms with Crippen LogP contribution in [0.4, 0.5) is 5.69 Å². The van der Waals surface area contributed by atoms with Crippen LogP contribution < -0.4 is 5.23 Å². The summed E-state index contributed by atoms with van der Waals surface area (Å²) < 4.78 is 0. The summed E-state index contributed by atoms with van der Waals surface area (Å²) in [5.41, 5.74) is 3.18. The molecular weight excluding hydrogens is 266 g/mol. The molecule has 0 aliphatic heterocycles. The lowest BCUT2D eigenvalue weighted by Gasteiger charge is -2.24. The third kappa shape index (κ3) is 2.72. The number of nitrogens with zero attached hydrogens (tertiary/aromatic N) is 1. The molecule has 0 spiro atoms. The molecule has 1 aliphatic rings. The molecule has 0 fully saturated rings. The number of aryl methyl sites for hydroxylation is 1. The van der Waals surface area contributed by atoms with Crippen LogP contribution in [0.25, 0.3) is 6.08 Å². The Morgan fingerprint density at radius 3 is 2.57 bits per heavy atom. The Labute approximate surface area is 122 Å². The van der Waals surface area contributed by atoms with E-state index in [0.29, 0.717) is 12.0 Å². The van der Waals surface area contributed by atoms with E-state index in [1.807, 2.05) is 36.4 Å². The van der Waals surface area contributed by atoms with Crippen molar-refractivity contribution in [2.45, 2.75) is 12.8 Å². The standard InChI is InChI=1S/C17H14NO3/c19-17-14(10-12-4-2-1-3-5-12)7-6-13-8-9-15(18(20)21)11-16(13)17/h1-5,8-11,20H,6-7H2/q-1/b14-10-. The number of rotatable bonds is 2. The van der Waals surface area contributed by atoms with Gasteiger partial charge < -0.3 is 10.4 Å². The van der Waals surface area contributed by atoms with Gasteiger partial charge in [-0.1, -0.05) is 36.4 Å². The average molecular weight is 280 g/mol. The van der Waals surface area contributed by atoms with Crippen LogP contribution in [0.2, 0.25) is 0 Å². The van der Waals surface area contributed by atoms with Gasteiger partial charge in [-0.3, -0.25) is 10.0 Å². The van der Waals surface area contributed by atoms with Gasteiger partial charge in [0.05, 0.1) is 5.69 Å². The summed E-state index contributed by atoms with van der Waals surface area (Å²) in [6.45, 7) is 0. The molecule has 0 aromatic heterocycles. The van der Waals surface area contributed by atoms with Crippen molar-refractivity contribution in [2.24, 2.45) is 0 Å². The van der Waals surface area contributed by atoms with Gasteiger partial charge in [-0.05, 0) is 42.2 Å². The number of carbonyl (C=O) groups is 1. The molecule has 106 valence electrons. The summed E-state index contributed by atoms with van der Waals surface area (Å²) in [7, 11) is 0. The van der Waals surface area contributed by atoms with Gasteiger partial charge in [-0.2, -0.15) is 0 Å². The maximum atomic E-state index is 12.5. The first-order chi connectivity index (χ1) is 10.1. The minimum Gasteiger partial charge on any atom is -0.733 e. The molecule has 0 radical (unpaired) electrons. The zero-order valence-electron chi connectivity index (χ0n) is 11.3. The summed E-state index contributed by atoms with van der Waals surface area (Å²) in [5, 5.41) is 19.7. The fourth-order valence-corrected chi connectivity index (χ4v) is 2.56. The van der Waals surface area contributed by atoms with E-state index in [9.17, 15) is 10.0 Å². The second-order valence-corrected chi connectivity index (χ2v) is 5.02. The molecule has 0 saturated heterocycles. The third-order valence-electron chi connectivity index (χ3n) is 3.65. The molecule has 0 bridgehead atoms. The molecule has 1 N–H and O–H groups in total. The van der Waals surface area contributed by atoms with Crippen LogP contribution in [-0.4, -0.2) is 11.0 Å². The number of allylic oxidation sites excluding steroid dienone is 1. The van der Waals surface area contributed by atoms with Crippen molar-refractivity contribution in [1.29, 1.82) is 0 Å². The number of anilines is 1. The second kappa shape index (κ2) is 5.52. The van der Waals surface area contributed by atoms with Gasteiger partial charge in [0.2, 0.25) is 0 Å². The summed E-state index contributed by atoms with van der Waals surface area (Å²) in [5.74, 6) is -0.0798. The summed E-state index contributed by atoms with van der Waals surface area (Å²) in [4.78, 5) is 12.5. The summed E-state index contributed by atoms with van der Waals surface area (Å²) in [6, 6.07) is 14.4. The lowest BCUT2D eigenvalue weighted by atomic mass is 9.86. The predicted molar refractivity (Wildman–Crippen MR) is 81.1 cm³/mol. The average Bonchev–Trinajstić information content (AvgIpc) is 2.51. The van der Waals surface area contributed by atoms with Gasteiger partial charge in [0.1, 0.15) is 0 Å². The van der Waals surface area contributed by atoms with Crippen LogP contribution in [-0.2, 0) is 6.42 Å². The van der Waals surface area contributed by atoms with Gasteiger partial charge in [0.15, 0.2) is 5.78 Å². The first-order valence-corrected chi connectivity index (χ1v) is 6.74. The Hall–Kier alpha value is -2.43. The molecule has 4 heteroatoms. The first-order valence-electron chi connectivity index (χ1n) is 6.74. The largest absolute Gasteiger partial charge is 0.733 e. The fourth-order valence-electron chi connectivity index (χ4n) is 2.56. The molecule has 21 heavy (non-hydrogen) atoms. The van der Waals surface area contributed by atoms with Crippen LogP contribution in [0.1, 0.15) is 27.9 Å². The molecule has 0 unspecified atom stereocenters. The van der Waals surface area contributed by atoms with Crippen molar-refractivity contribution in [2.75, 3.05) is 5.23 Å². The number of carbonyl (C=O) groups excluding carboxylic acids is 1. The van der Waals surface area contributed by atoms with Crippen LogP contribution in [0, 0.1) is 5.21 Å². The topological polar surface area (TPSA) is 63.6 Å². The highest BCUT2D eigenvalue weighted by Crippen LogP contribution is 2.29. The van der Waals surface area contributed by atoms with E-state index >= 15 is 0 Å². The van der Waals surface area contributed by atoms with Crippen LogP contribution >= 0.6 is 0 Å². The van der Waals surface area contributed by atoms with Crippen molar-refractivity contribution in [1.82, 2.24) is 0 Å². The van der Waals surface area contributed by atoms with E-state index < -0.39 is 0 Å². The van der Waals surface area contributed by atoms with Crippen molar-refractivity contribution >= 4 is 17.5 Å². The number of Topliss-reactive ketones (excluding diaryl/α,β-unsaturated/α-hetero) is 1. The SMILES string of the molecule is O=C1/C(=C\c2ccccc2)CCc2ccc(N([O-])O)cc21. The molecule has 4 nitrogen and oxygen atoms in total. The summed E-state index contributed by atoms with van der Waals surface area (Å²) in [6.07, 6.45) is 3.32. The normalized spacial score (nSPS) is 15.9. The van der Waals surface area contributed by atoms with Crippen molar-refractivity contribution < 1.29 is 10.0 Å². The Morgan fingerprint density at radius 2 is 1.86 bits per heavy atom. The second-order valence-electron chi connectivity index (χ2n) is 5.02. The van der Waals surface area contributed by atoms with Gasteiger partial charge in [-0.15, -0.1) is 0 Å². The monoisotopic (exact) mass is 280 g/mol. The smallest absolute Gasteiger partial charge is 0.189 e. The van der Waals surface area contributed by atoms with E-state index in [4.69, 9.17) is 5.21 Å². The fraction of sp³-hybridized carbons (Fsp3) is 0.118. The van der Waals surface area contributed by atoms with Crippen molar-refractivity contribution in [3.8, 4) is 0 Å². The van der Waals surface area contributed by atoms with Crippen LogP contribution in [0.5, 0.6) is 0 Å². The molecule has 2 aromatic carbocycles. The number of benzene rings is 2. The zero-order valence-corrected chi connectivity index (χ0v) is 11.3. The Balaban J connectivity index is 1.98. The molecule has 0 atom stereocenters. The lowest BCUT2D eigenvalue weighted by molar-refractivity contribution is 0.102. The molecular formula is C17H14NO3-. The van der Waals surface area contributed by atoms with E-state index in [2.05, 4.69) is 0 Å². The van der Waals surface area contributed by atoms with Crippen molar-refractivity contribution in [3.63, 3.8) is 0 Å². The van der Waals surface area contributed by atoms with E-state index in [1.54, 1.807) is 6.07 Å². The van der Waals surface area contributed by atoms with Crippen LogP contribution in [0.3, 0.4) is 0 Å². The molecule has 0 heterocycles.